The molecule has 5 aromatic rings. The van der Waals surface area contributed by atoms with Gasteiger partial charge in [-0.3, -0.25) is 4.98 Å². The molecule has 0 aliphatic carbocycles. The first-order valence-corrected chi connectivity index (χ1v) is 9.75. The number of fused-ring (bicyclic) bond motifs is 1. The lowest BCUT2D eigenvalue weighted by atomic mass is 10.0. The largest absolute Gasteiger partial charge is 0.364 e. The van der Waals surface area contributed by atoms with Crippen LogP contribution < -0.4 is 5.32 Å². The normalized spacial score (nSPS) is 10.9. The van der Waals surface area contributed by atoms with Crippen molar-refractivity contribution < 1.29 is 4.39 Å². The lowest BCUT2D eigenvalue weighted by Gasteiger charge is -2.12. The summed E-state index contributed by atoms with van der Waals surface area (Å²) in [5, 5.41) is 11.9. The molecule has 6 nitrogen and oxygen atoms in total. The predicted octanol–water partition coefficient (Wildman–Crippen LogP) is 4.90. The Morgan fingerprint density at radius 3 is 2.52 bits per heavy atom. The number of benzene rings is 2. The van der Waals surface area contributed by atoms with Gasteiger partial charge in [0.15, 0.2) is 5.82 Å². The number of nitrogens with zero attached hydrogens (tertiary/aromatic N) is 5. The number of rotatable bonds is 5. The monoisotopic (exact) mass is 408 g/mol. The van der Waals surface area contributed by atoms with Crippen LogP contribution in [0.1, 0.15) is 5.69 Å². The minimum absolute atomic E-state index is 0.273. The van der Waals surface area contributed by atoms with Gasteiger partial charge in [0.25, 0.3) is 0 Å². The smallest absolute Gasteiger partial charge is 0.163 e. The van der Waals surface area contributed by atoms with E-state index in [0.29, 0.717) is 23.8 Å². The van der Waals surface area contributed by atoms with E-state index in [1.165, 1.54) is 6.07 Å². The van der Waals surface area contributed by atoms with Crippen molar-refractivity contribution in [3.63, 3.8) is 0 Å². The van der Waals surface area contributed by atoms with Crippen LogP contribution in [0.5, 0.6) is 0 Å². The van der Waals surface area contributed by atoms with Gasteiger partial charge in [0.05, 0.1) is 30.1 Å². The zero-order valence-electron chi connectivity index (χ0n) is 16.4. The molecule has 0 aliphatic rings. The Labute approximate surface area is 177 Å². The third kappa shape index (κ3) is 3.93. The number of hydrogen-bond acceptors (Lipinski definition) is 6. The van der Waals surface area contributed by atoms with Gasteiger partial charge in [0, 0.05) is 22.7 Å². The molecule has 0 saturated carbocycles. The highest BCUT2D eigenvalue weighted by atomic mass is 19.1. The number of anilines is 1. The van der Waals surface area contributed by atoms with Crippen molar-refractivity contribution in [2.45, 2.75) is 6.54 Å². The summed E-state index contributed by atoms with van der Waals surface area (Å²) in [7, 11) is 0. The molecule has 0 amide bonds. The van der Waals surface area contributed by atoms with Gasteiger partial charge in [-0.05, 0) is 42.0 Å². The molecule has 0 fully saturated rings. The van der Waals surface area contributed by atoms with Gasteiger partial charge in [-0.25, -0.2) is 14.4 Å². The average molecular weight is 408 g/mol. The SMILES string of the molecule is Fc1ccccc1-c1ccc2nc(-c3ccnnc3)nc(NCc3ccccn3)c2c1. The summed E-state index contributed by atoms with van der Waals surface area (Å²) < 4.78 is 14.4. The molecule has 0 spiro atoms. The molecule has 0 bridgehead atoms. The predicted molar refractivity (Wildman–Crippen MR) is 118 cm³/mol. The topological polar surface area (TPSA) is 76.5 Å². The molecule has 0 radical (unpaired) electrons. The molecule has 2 aromatic carbocycles. The third-order valence-electron chi connectivity index (χ3n) is 4.89. The van der Waals surface area contributed by atoms with E-state index in [2.05, 4.69) is 20.5 Å². The maximum Gasteiger partial charge on any atom is 0.163 e. The van der Waals surface area contributed by atoms with E-state index < -0.39 is 0 Å². The molecule has 0 atom stereocenters. The molecule has 31 heavy (non-hydrogen) atoms. The molecule has 150 valence electrons. The van der Waals surface area contributed by atoms with Gasteiger partial charge in [0.2, 0.25) is 0 Å². The Balaban J connectivity index is 1.63. The summed E-state index contributed by atoms with van der Waals surface area (Å²) in [4.78, 5) is 13.8. The van der Waals surface area contributed by atoms with Crippen molar-refractivity contribution in [3.8, 4) is 22.5 Å². The van der Waals surface area contributed by atoms with Crippen molar-refractivity contribution in [1.29, 1.82) is 0 Å². The summed E-state index contributed by atoms with van der Waals surface area (Å²) in [5.41, 5.74) is 3.67. The molecule has 0 unspecified atom stereocenters. The second-order valence-corrected chi connectivity index (χ2v) is 6.91. The number of pyridine rings is 1. The maximum absolute atomic E-state index is 14.4. The van der Waals surface area contributed by atoms with Gasteiger partial charge in [-0.2, -0.15) is 10.2 Å². The summed E-state index contributed by atoms with van der Waals surface area (Å²) >= 11 is 0. The minimum atomic E-state index is -0.273. The molecular formula is C24H17FN6. The number of nitrogens with one attached hydrogen (secondary N) is 1. The number of halogens is 1. The molecule has 0 aliphatic heterocycles. The molecule has 0 saturated heterocycles. The highest BCUT2D eigenvalue weighted by molar-refractivity contribution is 5.94. The molecule has 3 aromatic heterocycles. The Bertz CT molecular complexity index is 1340. The van der Waals surface area contributed by atoms with Crippen LogP contribution in [-0.2, 0) is 6.54 Å². The summed E-state index contributed by atoms with van der Waals surface area (Å²) in [6.07, 6.45) is 4.97. The molecule has 7 heteroatoms. The van der Waals surface area contributed by atoms with Gasteiger partial charge in [-0.15, -0.1) is 0 Å². The minimum Gasteiger partial charge on any atom is -0.364 e. The standard InChI is InChI=1S/C24H17FN6/c25-21-7-2-1-6-19(21)16-8-9-22-20(13-16)24(27-15-18-5-3-4-11-26-18)31-23(30-22)17-10-12-28-29-14-17/h1-14H,15H2,(H,27,30,31). The first kappa shape index (κ1) is 18.7. The van der Waals surface area contributed by atoms with E-state index in [1.807, 2.05) is 48.5 Å². The number of hydrogen-bond donors (Lipinski definition) is 1. The maximum atomic E-state index is 14.4. The van der Waals surface area contributed by atoms with Gasteiger partial charge < -0.3 is 5.32 Å². The average Bonchev–Trinajstić information content (AvgIpc) is 2.83. The van der Waals surface area contributed by atoms with Crippen molar-refractivity contribution in [3.05, 3.63) is 96.8 Å². The summed E-state index contributed by atoms with van der Waals surface area (Å²) in [5.74, 6) is 0.899. The fourth-order valence-corrected chi connectivity index (χ4v) is 3.36. The first-order chi connectivity index (χ1) is 15.3. The van der Waals surface area contributed by atoms with Crippen molar-refractivity contribution in [1.82, 2.24) is 25.1 Å². The zero-order chi connectivity index (χ0) is 21.0. The highest BCUT2D eigenvalue weighted by Gasteiger charge is 2.13. The summed E-state index contributed by atoms with van der Waals surface area (Å²) in [6.45, 7) is 0.491. The van der Waals surface area contributed by atoms with Crippen LogP contribution in [0.25, 0.3) is 33.4 Å². The molecule has 3 heterocycles. The lowest BCUT2D eigenvalue weighted by molar-refractivity contribution is 0.631. The Kier molecular flexibility index (Phi) is 4.98. The lowest BCUT2D eigenvalue weighted by Crippen LogP contribution is -2.05. The van der Waals surface area contributed by atoms with Crippen molar-refractivity contribution in [2.75, 3.05) is 5.32 Å². The van der Waals surface area contributed by atoms with Crippen LogP contribution >= 0.6 is 0 Å². The fraction of sp³-hybridized carbons (Fsp3) is 0.0417. The van der Waals surface area contributed by atoms with E-state index in [1.54, 1.807) is 30.7 Å². The molecular weight excluding hydrogens is 391 g/mol. The van der Waals surface area contributed by atoms with Crippen molar-refractivity contribution in [2.24, 2.45) is 0 Å². The third-order valence-corrected chi connectivity index (χ3v) is 4.89. The van der Waals surface area contributed by atoms with Crippen LogP contribution in [0, 0.1) is 5.82 Å². The van der Waals surface area contributed by atoms with Crippen LogP contribution in [0.3, 0.4) is 0 Å². The Hall–Kier alpha value is -4.26. The first-order valence-electron chi connectivity index (χ1n) is 9.75. The van der Waals surface area contributed by atoms with Gasteiger partial charge >= 0.3 is 0 Å². The molecule has 5 rings (SSSR count). The van der Waals surface area contributed by atoms with Crippen LogP contribution in [0.2, 0.25) is 0 Å². The number of aromatic nitrogens is 5. The van der Waals surface area contributed by atoms with E-state index in [0.717, 1.165) is 27.7 Å². The van der Waals surface area contributed by atoms with Crippen LogP contribution in [0.15, 0.2) is 85.3 Å². The van der Waals surface area contributed by atoms with Gasteiger partial charge in [0.1, 0.15) is 11.6 Å². The quantitative estimate of drug-likeness (QED) is 0.446. The van der Waals surface area contributed by atoms with Gasteiger partial charge in [-0.1, -0.05) is 30.3 Å². The second kappa shape index (κ2) is 8.23. The van der Waals surface area contributed by atoms with E-state index in [4.69, 9.17) is 9.97 Å². The second-order valence-electron chi connectivity index (χ2n) is 6.91. The van der Waals surface area contributed by atoms with Crippen molar-refractivity contribution >= 4 is 16.7 Å². The Morgan fingerprint density at radius 1 is 0.806 bits per heavy atom. The van der Waals surface area contributed by atoms with Crippen LogP contribution in [-0.4, -0.2) is 25.1 Å². The summed E-state index contributed by atoms with van der Waals surface area (Å²) in [6, 6.07) is 19.9. The fourth-order valence-electron chi connectivity index (χ4n) is 3.36. The highest BCUT2D eigenvalue weighted by Crippen LogP contribution is 2.30. The van der Waals surface area contributed by atoms with E-state index >= 15 is 0 Å². The molecule has 1 N–H and O–H groups in total. The van der Waals surface area contributed by atoms with E-state index in [9.17, 15) is 4.39 Å². The Morgan fingerprint density at radius 2 is 1.71 bits per heavy atom. The van der Waals surface area contributed by atoms with Crippen LogP contribution in [0.4, 0.5) is 10.2 Å². The van der Waals surface area contributed by atoms with E-state index in [-0.39, 0.29) is 5.82 Å². The zero-order valence-corrected chi connectivity index (χ0v) is 16.4.